The molecular weight excluding hydrogens is 355 g/mol. The Hall–Kier alpha value is -0.980. The van der Waals surface area contributed by atoms with Crippen molar-refractivity contribution in [3.63, 3.8) is 0 Å². The molecule has 0 saturated carbocycles. The number of thiazole rings is 1. The molecule has 19 heavy (non-hydrogen) atoms. The Morgan fingerprint density at radius 2 is 2.32 bits per heavy atom. The summed E-state index contributed by atoms with van der Waals surface area (Å²) in [5, 5.41) is 5.21. The molecule has 1 aromatic heterocycles. The number of anilines is 1. The van der Waals surface area contributed by atoms with Crippen LogP contribution in [0.5, 0.6) is 0 Å². The first kappa shape index (κ1) is 14.4. The number of hydrogen-bond donors (Lipinski definition) is 1. The summed E-state index contributed by atoms with van der Waals surface area (Å²) in [7, 11) is 0. The van der Waals surface area contributed by atoms with E-state index in [9.17, 15) is 9.18 Å². The highest BCUT2D eigenvalue weighted by molar-refractivity contribution is 9.10. The molecule has 2 aromatic rings. The first-order chi connectivity index (χ1) is 9.08. The average Bonchev–Trinajstić information content (AvgIpc) is 2.81. The highest BCUT2D eigenvalue weighted by Crippen LogP contribution is 2.20. The number of nitrogens with one attached hydrogen (secondary N) is 1. The second kappa shape index (κ2) is 6.45. The van der Waals surface area contributed by atoms with E-state index in [-0.39, 0.29) is 18.1 Å². The van der Waals surface area contributed by atoms with Crippen LogP contribution in [0.25, 0.3) is 0 Å². The molecule has 1 amide bonds. The largest absolute Gasteiger partial charge is 0.326 e. The SMILES string of the molecule is O=C(Cc1nc(CCl)cs1)Nc1ccc(F)c(Br)c1. The minimum Gasteiger partial charge on any atom is -0.326 e. The van der Waals surface area contributed by atoms with E-state index in [0.717, 1.165) is 5.69 Å². The zero-order valence-electron chi connectivity index (χ0n) is 9.62. The number of rotatable bonds is 4. The topological polar surface area (TPSA) is 42.0 Å². The lowest BCUT2D eigenvalue weighted by Crippen LogP contribution is -2.14. The van der Waals surface area contributed by atoms with E-state index in [1.54, 1.807) is 0 Å². The highest BCUT2D eigenvalue weighted by atomic mass is 79.9. The molecule has 0 aliphatic carbocycles. The van der Waals surface area contributed by atoms with Gasteiger partial charge in [-0.15, -0.1) is 22.9 Å². The van der Waals surface area contributed by atoms with Crippen LogP contribution in [0.1, 0.15) is 10.7 Å². The van der Waals surface area contributed by atoms with E-state index < -0.39 is 0 Å². The number of nitrogens with zero attached hydrogens (tertiary/aromatic N) is 1. The lowest BCUT2D eigenvalue weighted by Gasteiger charge is -2.04. The zero-order chi connectivity index (χ0) is 13.8. The van der Waals surface area contributed by atoms with Crippen LogP contribution in [-0.4, -0.2) is 10.9 Å². The minimum atomic E-state index is -0.371. The van der Waals surface area contributed by atoms with Gasteiger partial charge in [-0.3, -0.25) is 4.79 Å². The third-order valence-corrected chi connectivity index (χ3v) is 4.03. The quantitative estimate of drug-likeness (QED) is 0.835. The Labute approximate surface area is 126 Å². The van der Waals surface area contributed by atoms with Gasteiger partial charge < -0.3 is 5.32 Å². The standard InChI is InChI=1S/C12H9BrClFN2OS/c13-9-3-7(1-2-10(9)15)16-11(18)4-12-17-8(5-14)6-19-12/h1-3,6H,4-5H2,(H,16,18). The second-order valence-electron chi connectivity index (χ2n) is 3.72. The number of aromatic nitrogens is 1. The fourth-order valence-corrected chi connectivity index (χ4v) is 2.81. The number of amides is 1. The maximum Gasteiger partial charge on any atom is 0.231 e. The Morgan fingerprint density at radius 3 is 2.95 bits per heavy atom. The lowest BCUT2D eigenvalue weighted by molar-refractivity contribution is -0.115. The van der Waals surface area contributed by atoms with Gasteiger partial charge in [0, 0.05) is 11.1 Å². The fourth-order valence-electron chi connectivity index (χ4n) is 1.41. The maximum absolute atomic E-state index is 13.0. The highest BCUT2D eigenvalue weighted by Gasteiger charge is 2.09. The van der Waals surface area contributed by atoms with Gasteiger partial charge in [0.15, 0.2) is 0 Å². The summed E-state index contributed by atoms with van der Waals surface area (Å²) >= 11 is 10.1. The van der Waals surface area contributed by atoms with Gasteiger partial charge in [-0.2, -0.15) is 0 Å². The molecule has 0 radical (unpaired) electrons. The smallest absolute Gasteiger partial charge is 0.231 e. The zero-order valence-corrected chi connectivity index (χ0v) is 12.8. The van der Waals surface area contributed by atoms with Crippen molar-refractivity contribution in [2.45, 2.75) is 12.3 Å². The number of hydrogen-bond acceptors (Lipinski definition) is 3. The molecule has 0 bridgehead atoms. The van der Waals surface area contributed by atoms with E-state index in [2.05, 4.69) is 26.2 Å². The van der Waals surface area contributed by atoms with Gasteiger partial charge in [0.2, 0.25) is 5.91 Å². The normalized spacial score (nSPS) is 10.5. The summed E-state index contributed by atoms with van der Waals surface area (Å²) in [5.74, 6) is -0.234. The summed E-state index contributed by atoms with van der Waals surface area (Å²) < 4.78 is 13.4. The molecule has 0 atom stereocenters. The predicted octanol–water partition coefficient (Wildman–Crippen LogP) is 3.96. The van der Waals surface area contributed by atoms with Crippen molar-refractivity contribution in [1.82, 2.24) is 4.98 Å². The number of carbonyl (C=O) groups is 1. The molecule has 100 valence electrons. The van der Waals surface area contributed by atoms with E-state index in [1.807, 2.05) is 5.38 Å². The number of carbonyl (C=O) groups excluding carboxylic acids is 1. The van der Waals surface area contributed by atoms with Crippen molar-refractivity contribution in [1.29, 1.82) is 0 Å². The molecule has 0 spiro atoms. The summed E-state index contributed by atoms with van der Waals surface area (Å²) in [6.45, 7) is 0. The summed E-state index contributed by atoms with van der Waals surface area (Å²) in [5.41, 5.74) is 1.30. The number of halogens is 3. The van der Waals surface area contributed by atoms with Gasteiger partial charge in [-0.1, -0.05) is 0 Å². The Bertz CT molecular complexity index is 605. The number of benzene rings is 1. The minimum absolute atomic E-state index is 0.177. The van der Waals surface area contributed by atoms with E-state index in [4.69, 9.17) is 11.6 Å². The molecule has 0 fully saturated rings. The molecule has 2 rings (SSSR count). The number of alkyl halides is 1. The second-order valence-corrected chi connectivity index (χ2v) is 5.78. The summed E-state index contributed by atoms with van der Waals surface area (Å²) in [4.78, 5) is 16.0. The third-order valence-electron chi connectivity index (χ3n) is 2.25. The fraction of sp³-hybridized carbons (Fsp3) is 0.167. The van der Waals surface area contributed by atoms with Gasteiger partial charge in [0.25, 0.3) is 0 Å². The molecule has 0 saturated heterocycles. The van der Waals surface area contributed by atoms with Crippen molar-refractivity contribution in [2.24, 2.45) is 0 Å². The molecule has 3 nitrogen and oxygen atoms in total. The van der Waals surface area contributed by atoms with Crippen LogP contribution in [0, 0.1) is 5.82 Å². The van der Waals surface area contributed by atoms with Crippen LogP contribution in [0.2, 0.25) is 0 Å². The Kier molecular flexibility index (Phi) is 4.90. The van der Waals surface area contributed by atoms with Crippen molar-refractivity contribution in [2.75, 3.05) is 5.32 Å². The molecule has 0 aliphatic heterocycles. The van der Waals surface area contributed by atoms with E-state index in [0.29, 0.717) is 21.0 Å². The first-order valence-corrected chi connectivity index (χ1v) is 7.53. The molecule has 1 aromatic carbocycles. The van der Waals surface area contributed by atoms with Gasteiger partial charge in [0.05, 0.1) is 22.5 Å². The molecule has 7 heteroatoms. The van der Waals surface area contributed by atoms with Crippen LogP contribution in [0.4, 0.5) is 10.1 Å². The maximum atomic E-state index is 13.0. The van der Waals surface area contributed by atoms with Crippen LogP contribution >= 0.6 is 38.9 Å². The van der Waals surface area contributed by atoms with E-state index in [1.165, 1.54) is 29.5 Å². The van der Waals surface area contributed by atoms with Crippen molar-refractivity contribution in [3.05, 3.63) is 44.6 Å². The molecule has 1 N–H and O–H groups in total. The third kappa shape index (κ3) is 3.99. The average molecular weight is 364 g/mol. The van der Waals surface area contributed by atoms with Crippen LogP contribution in [0.15, 0.2) is 28.1 Å². The molecule has 0 unspecified atom stereocenters. The van der Waals surface area contributed by atoms with Gasteiger partial charge in [-0.05, 0) is 34.1 Å². The molecule has 0 aliphatic rings. The lowest BCUT2D eigenvalue weighted by atomic mass is 10.3. The van der Waals surface area contributed by atoms with Crippen LogP contribution < -0.4 is 5.32 Å². The van der Waals surface area contributed by atoms with Gasteiger partial charge in [0.1, 0.15) is 10.8 Å². The van der Waals surface area contributed by atoms with Gasteiger partial charge >= 0.3 is 0 Å². The Balaban J connectivity index is 1.98. The molecule has 1 heterocycles. The first-order valence-electron chi connectivity index (χ1n) is 5.32. The monoisotopic (exact) mass is 362 g/mol. The van der Waals surface area contributed by atoms with Crippen LogP contribution in [-0.2, 0) is 17.1 Å². The Morgan fingerprint density at radius 1 is 1.53 bits per heavy atom. The van der Waals surface area contributed by atoms with Crippen molar-refractivity contribution in [3.8, 4) is 0 Å². The summed E-state index contributed by atoms with van der Waals surface area (Å²) in [6.07, 6.45) is 0.177. The summed E-state index contributed by atoms with van der Waals surface area (Å²) in [6, 6.07) is 4.30. The van der Waals surface area contributed by atoms with Gasteiger partial charge in [-0.25, -0.2) is 9.37 Å². The predicted molar refractivity (Wildman–Crippen MR) is 78.1 cm³/mol. The van der Waals surface area contributed by atoms with E-state index >= 15 is 0 Å². The van der Waals surface area contributed by atoms with Crippen molar-refractivity contribution >= 4 is 50.5 Å². The van der Waals surface area contributed by atoms with Crippen LogP contribution in [0.3, 0.4) is 0 Å². The van der Waals surface area contributed by atoms with Crippen molar-refractivity contribution < 1.29 is 9.18 Å². The molecular formula is C12H9BrClFN2OS.